The van der Waals surface area contributed by atoms with Crippen LogP contribution in [0.4, 0.5) is 0 Å². The molecule has 0 saturated carbocycles. The van der Waals surface area contributed by atoms with Crippen molar-refractivity contribution in [1.82, 2.24) is 9.55 Å². The molecule has 0 amide bonds. The molecule has 0 saturated heterocycles. The van der Waals surface area contributed by atoms with Gasteiger partial charge in [0.05, 0.1) is 22.2 Å². The van der Waals surface area contributed by atoms with Crippen LogP contribution < -0.4 is 5.56 Å². The Hall–Kier alpha value is -1.80. The molecule has 1 heterocycles. The summed E-state index contributed by atoms with van der Waals surface area (Å²) in [6.07, 6.45) is 0. The zero-order valence-electron chi connectivity index (χ0n) is 10.3. The summed E-state index contributed by atoms with van der Waals surface area (Å²) in [5, 5.41) is 9.86. The van der Waals surface area contributed by atoms with E-state index in [2.05, 4.69) is 11.1 Å². The van der Waals surface area contributed by atoms with E-state index >= 15 is 0 Å². The zero-order chi connectivity index (χ0) is 13.1. The quantitative estimate of drug-likeness (QED) is 0.627. The van der Waals surface area contributed by atoms with Crippen molar-refractivity contribution in [3.63, 3.8) is 0 Å². The maximum Gasteiger partial charge on any atom is 0.262 e. The van der Waals surface area contributed by atoms with Crippen LogP contribution in [0.25, 0.3) is 10.9 Å². The van der Waals surface area contributed by atoms with E-state index in [1.54, 1.807) is 17.6 Å². The predicted octanol–water partition coefficient (Wildman–Crippen LogP) is 2.42. The molecule has 92 valence electrons. The van der Waals surface area contributed by atoms with E-state index in [1.807, 2.05) is 25.1 Å². The minimum absolute atomic E-state index is 0.0456. The third-order valence-electron chi connectivity index (χ3n) is 2.61. The van der Waals surface area contributed by atoms with Gasteiger partial charge in [-0.1, -0.05) is 23.9 Å². The fourth-order valence-electron chi connectivity index (χ4n) is 1.70. The number of rotatable bonds is 3. The Balaban J connectivity index is 2.66. The van der Waals surface area contributed by atoms with Crippen molar-refractivity contribution < 1.29 is 0 Å². The molecule has 0 radical (unpaired) electrons. The predicted molar refractivity (Wildman–Crippen MR) is 72.6 cm³/mol. The van der Waals surface area contributed by atoms with Crippen LogP contribution in [-0.4, -0.2) is 14.8 Å². The van der Waals surface area contributed by atoms with Crippen LogP contribution in [0.1, 0.15) is 13.8 Å². The molecule has 0 aliphatic rings. The first kappa shape index (κ1) is 12.7. The van der Waals surface area contributed by atoms with Crippen molar-refractivity contribution in [2.75, 3.05) is 0 Å². The largest absolute Gasteiger partial charge is 0.287 e. The van der Waals surface area contributed by atoms with Crippen LogP contribution in [0.3, 0.4) is 0 Å². The van der Waals surface area contributed by atoms with Gasteiger partial charge in [-0.3, -0.25) is 9.36 Å². The van der Waals surface area contributed by atoms with Gasteiger partial charge in [-0.15, -0.1) is 0 Å². The lowest BCUT2D eigenvalue weighted by molar-refractivity contribution is 0.634. The highest BCUT2D eigenvalue weighted by atomic mass is 32.2. The standard InChI is InChI=1S/C13H13N3OS/c1-3-16-12(17)10-6-4-5-7-11(10)15-13(16)18-9(2)8-14/h4-7,9H,3H2,1-2H3/t9-/m1/s1. The van der Waals surface area contributed by atoms with Crippen LogP contribution in [0, 0.1) is 11.3 Å². The maximum atomic E-state index is 12.3. The molecule has 0 N–H and O–H groups in total. The second-order valence-corrected chi connectivity index (χ2v) is 5.16. The summed E-state index contributed by atoms with van der Waals surface area (Å²) in [4.78, 5) is 16.7. The van der Waals surface area contributed by atoms with E-state index in [0.717, 1.165) is 0 Å². The van der Waals surface area contributed by atoms with Gasteiger partial charge in [-0.2, -0.15) is 5.26 Å². The molecular formula is C13H13N3OS. The third kappa shape index (κ3) is 2.24. The monoisotopic (exact) mass is 259 g/mol. The Labute approximate surface area is 109 Å². The number of nitriles is 1. The molecule has 0 aliphatic heterocycles. The summed E-state index contributed by atoms with van der Waals surface area (Å²) in [6.45, 7) is 4.25. The maximum absolute atomic E-state index is 12.3. The number of nitrogens with zero attached hydrogens (tertiary/aromatic N) is 3. The van der Waals surface area contributed by atoms with Crippen LogP contribution in [0.2, 0.25) is 0 Å². The first-order valence-electron chi connectivity index (χ1n) is 5.73. The normalized spacial score (nSPS) is 12.3. The second kappa shape index (κ2) is 5.23. The summed E-state index contributed by atoms with van der Waals surface area (Å²) in [5.41, 5.74) is 0.635. The van der Waals surface area contributed by atoms with Crippen molar-refractivity contribution in [2.24, 2.45) is 0 Å². The minimum Gasteiger partial charge on any atom is -0.287 e. The van der Waals surface area contributed by atoms with E-state index in [-0.39, 0.29) is 10.8 Å². The van der Waals surface area contributed by atoms with Crippen LogP contribution in [-0.2, 0) is 6.54 Å². The molecule has 18 heavy (non-hydrogen) atoms. The smallest absolute Gasteiger partial charge is 0.262 e. The summed E-state index contributed by atoms with van der Waals surface area (Å²) >= 11 is 1.31. The number of benzene rings is 1. The Morgan fingerprint density at radius 2 is 2.22 bits per heavy atom. The van der Waals surface area contributed by atoms with Gasteiger partial charge in [0.25, 0.3) is 5.56 Å². The lowest BCUT2D eigenvalue weighted by Crippen LogP contribution is -2.22. The fourth-order valence-corrected chi connectivity index (χ4v) is 2.56. The van der Waals surface area contributed by atoms with E-state index in [4.69, 9.17) is 5.26 Å². The van der Waals surface area contributed by atoms with E-state index < -0.39 is 0 Å². The number of thioether (sulfide) groups is 1. The molecule has 4 nitrogen and oxygen atoms in total. The molecule has 1 aromatic heterocycles. The van der Waals surface area contributed by atoms with Crippen molar-refractivity contribution in [3.05, 3.63) is 34.6 Å². The van der Waals surface area contributed by atoms with Gasteiger partial charge in [0.2, 0.25) is 0 Å². The van der Waals surface area contributed by atoms with Crippen LogP contribution in [0.5, 0.6) is 0 Å². The average molecular weight is 259 g/mol. The highest BCUT2D eigenvalue weighted by Crippen LogP contribution is 2.21. The highest BCUT2D eigenvalue weighted by molar-refractivity contribution is 8.00. The number of fused-ring (bicyclic) bond motifs is 1. The number of aromatic nitrogens is 2. The van der Waals surface area contributed by atoms with Gasteiger partial charge in [0.1, 0.15) is 0 Å². The Morgan fingerprint density at radius 1 is 1.50 bits per heavy atom. The van der Waals surface area contributed by atoms with Crippen molar-refractivity contribution >= 4 is 22.7 Å². The molecule has 0 unspecified atom stereocenters. The van der Waals surface area contributed by atoms with Gasteiger partial charge in [0.15, 0.2) is 5.16 Å². The van der Waals surface area contributed by atoms with Crippen LogP contribution >= 0.6 is 11.8 Å². The SMILES string of the molecule is CCn1c(S[C@H](C)C#N)nc2ccccc2c1=O. The molecule has 0 spiro atoms. The van der Waals surface area contributed by atoms with E-state index in [1.165, 1.54) is 11.8 Å². The molecular weight excluding hydrogens is 246 g/mol. The average Bonchev–Trinajstić information content (AvgIpc) is 2.39. The number of hydrogen-bond donors (Lipinski definition) is 0. The van der Waals surface area contributed by atoms with E-state index in [0.29, 0.717) is 22.6 Å². The molecule has 2 rings (SSSR count). The summed E-state index contributed by atoms with van der Waals surface area (Å²) in [7, 11) is 0. The Bertz CT molecular complexity index is 672. The van der Waals surface area contributed by atoms with Gasteiger partial charge in [0, 0.05) is 6.54 Å². The molecule has 0 bridgehead atoms. The molecule has 1 aromatic carbocycles. The summed E-state index contributed by atoms with van der Waals surface area (Å²) in [6, 6.07) is 9.42. The zero-order valence-corrected chi connectivity index (χ0v) is 11.1. The first-order chi connectivity index (χ1) is 8.67. The van der Waals surface area contributed by atoms with Gasteiger partial charge < -0.3 is 0 Å². The summed E-state index contributed by atoms with van der Waals surface area (Å²) in [5.74, 6) is 0. The third-order valence-corrected chi connectivity index (χ3v) is 3.59. The Morgan fingerprint density at radius 3 is 2.89 bits per heavy atom. The lowest BCUT2D eigenvalue weighted by Gasteiger charge is -2.11. The highest BCUT2D eigenvalue weighted by Gasteiger charge is 2.12. The van der Waals surface area contributed by atoms with Gasteiger partial charge >= 0.3 is 0 Å². The Kier molecular flexibility index (Phi) is 3.68. The van der Waals surface area contributed by atoms with Crippen LogP contribution in [0.15, 0.2) is 34.2 Å². The summed E-state index contributed by atoms with van der Waals surface area (Å²) < 4.78 is 1.61. The molecule has 0 fully saturated rings. The minimum atomic E-state index is -0.226. The topological polar surface area (TPSA) is 58.7 Å². The second-order valence-electron chi connectivity index (χ2n) is 3.85. The fraction of sp³-hybridized carbons (Fsp3) is 0.308. The molecule has 0 aliphatic carbocycles. The van der Waals surface area contributed by atoms with Gasteiger partial charge in [-0.25, -0.2) is 4.98 Å². The van der Waals surface area contributed by atoms with Crippen molar-refractivity contribution in [3.8, 4) is 6.07 Å². The van der Waals surface area contributed by atoms with Crippen molar-refractivity contribution in [1.29, 1.82) is 5.26 Å². The lowest BCUT2D eigenvalue weighted by atomic mass is 10.2. The van der Waals surface area contributed by atoms with Gasteiger partial charge in [-0.05, 0) is 26.0 Å². The van der Waals surface area contributed by atoms with Crippen molar-refractivity contribution in [2.45, 2.75) is 30.8 Å². The van der Waals surface area contributed by atoms with E-state index in [9.17, 15) is 4.79 Å². The number of hydrogen-bond acceptors (Lipinski definition) is 4. The molecule has 5 heteroatoms. The molecule has 1 atom stereocenters. The number of para-hydroxylation sites is 1. The molecule has 2 aromatic rings. The first-order valence-corrected chi connectivity index (χ1v) is 6.61.